The van der Waals surface area contributed by atoms with Crippen LogP contribution in [0.4, 0.5) is 5.69 Å². The molecule has 1 N–H and O–H groups in total. The predicted molar refractivity (Wildman–Crippen MR) is 97.4 cm³/mol. The minimum atomic E-state index is -0.450. The molecule has 2 aromatic rings. The van der Waals surface area contributed by atoms with E-state index in [1.807, 2.05) is 24.3 Å². The summed E-state index contributed by atoms with van der Waals surface area (Å²) in [7, 11) is 1.60. The Kier molecular flexibility index (Phi) is 6.96. The van der Waals surface area contributed by atoms with Gasteiger partial charge < -0.3 is 14.8 Å². The van der Waals surface area contributed by atoms with E-state index < -0.39 is 4.92 Å². The van der Waals surface area contributed by atoms with E-state index in [-0.39, 0.29) is 17.6 Å². The quantitative estimate of drug-likeness (QED) is 0.420. The SMILES string of the molecule is COc1ccc(OCCCC(=O)NC(C)c2cccc([N+](=O)[O-])c2)cc1. The van der Waals surface area contributed by atoms with Crippen LogP contribution in [-0.2, 0) is 4.79 Å². The molecule has 2 rings (SSSR count). The summed E-state index contributed by atoms with van der Waals surface area (Å²) in [6.45, 7) is 2.22. The molecule has 0 heterocycles. The number of nitro benzene ring substituents is 1. The van der Waals surface area contributed by atoms with E-state index in [0.717, 1.165) is 11.5 Å². The summed E-state index contributed by atoms with van der Waals surface area (Å²) in [6.07, 6.45) is 0.884. The zero-order valence-corrected chi connectivity index (χ0v) is 14.8. The van der Waals surface area contributed by atoms with Gasteiger partial charge in [0.2, 0.25) is 5.91 Å². The molecule has 0 bridgehead atoms. The summed E-state index contributed by atoms with van der Waals surface area (Å²) >= 11 is 0. The van der Waals surface area contributed by atoms with Crippen LogP contribution in [0.5, 0.6) is 11.5 Å². The number of hydrogen-bond acceptors (Lipinski definition) is 5. The third-order valence-electron chi connectivity index (χ3n) is 3.83. The van der Waals surface area contributed by atoms with Crippen molar-refractivity contribution in [2.45, 2.75) is 25.8 Å². The lowest BCUT2D eigenvalue weighted by Crippen LogP contribution is -2.26. The number of carbonyl (C=O) groups excluding carboxylic acids is 1. The van der Waals surface area contributed by atoms with Gasteiger partial charge in [-0.1, -0.05) is 12.1 Å². The molecule has 0 saturated carbocycles. The Balaban J connectivity index is 1.74. The van der Waals surface area contributed by atoms with E-state index in [2.05, 4.69) is 5.32 Å². The fourth-order valence-corrected chi connectivity index (χ4v) is 2.40. The summed E-state index contributed by atoms with van der Waals surface area (Å²) in [5.41, 5.74) is 0.707. The fraction of sp³-hybridized carbons (Fsp3) is 0.316. The van der Waals surface area contributed by atoms with Crippen LogP contribution in [-0.4, -0.2) is 24.5 Å². The van der Waals surface area contributed by atoms with Gasteiger partial charge in [0, 0.05) is 18.6 Å². The van der Waals surface area contributed by atoms with E-state index in [4.69, 9.17) is 9.47 Å². The molecule has 0 saturated heterocycles. The van der Waals surface area contributed by atoms with Crippen LogP contribution in [0.1, 0.15) is 31.4 Å². The molecule has 2 aromatic carbocycles. The van der Waals surface area contributed by atoms with Crippen LogP contribution < -0.4 is 14.8 Å². The zero-order chi connectivity index (χ0) is 18.9. The molecule has 138 valence electrons. The van der Waals surface area contributed by atoms with Crippen molar-refractivity contribution in [1.29, 1.82) is 0 Å². The Morgan fingerprint density at radius 3 is 2.54 bits per heavy atom. The van der Waals surface area contributed by atoms with Crippen molar-refractivity contribution in [3.05, 3.63) is 64.2 Å². The van der Waals surface area contributed by atoms with Gasteiger partial charge in [0.25, 0.3) is 5.69 Å². The van der Waals surface area contributed by atoms with Crippen LogP contribution in [0.2, 0.25) is 0 Å². The summed E-state index contributed by atoms with van der Waals surface area (Å²) in [5, 5.41) is 13.7. The van der Waals surface area contributed by atoms with Gasteiger partial charge in [-0.3, -0.25) is 14.9 Å². The third kappa shape index (κ3) is 5.77. The summed E-state index contributed by atoms with van der Waals surface area (Å²) < 4.78 is 10.7. The summed E-state index contributed by atoms with van der Waals surface area (Å²) in [6, 6.07) is 13.2. The van der Waals surface area contributed by atoms with Gasteiger partial charge in [0.1, 0.15) is 11.5 Å². The maximum atomic E-state index is 12.0. The van der Waals surface area contributed by atoms with Gasteiger partial charge in [0.15, 0.2) is 0 Å². The first-order chi connectivity index (χ1) is 12.5. The van der Waals surface area contributed by atoms with E-state index >= 15 is 0 Å². The highest BCUT2D eigenvalue weighted by Crippen LogP contribution is 2.19. The number of hydrogen-bond donors (Lipinski definition) is 1. The second-order valence-electron chi connectivity index (χ2n) is 5.77. The normalized spacial score (nSPS) is 11.5. The highest BCUT2D eigenvalue weighted by molar-refractivity contribution is 5.76. The van der Waals surface area contributed by atoms with Crippen molar-refractivity contribution in [3.8, 4) is 11.5 Å². The second kappa shape index (κ2) is 9.41. The molecule has 0 aliphatic rings. The number of nitrogens with zero attached hydrogens (tertiary/aromatic N) is 1. The number of rotatable bonds is 9. The lowest BCUT2D eigenvalue weighted by molar-refractivity contribution is -0.384. The molecule has 1 amide bonds. The monoisotopic (exact) mass is 358 g/mol. The Hall–Kier alpha value is -3.09. The van der Waals surface area contributed by atoms with Crippen LogP contribution >= 0.6 is 0 Å². The number of nitro groups is 1. The molecule has 7 heteroatoms. The van der Waals surface area contributed by atoms with Crippen molar-refractivity contribution < 1.29 is 19.2 Å². The van der Waals surface area contributed by atoms with E-state index in [9.17, 15) is 14.9 Å². The molecule has 1 atom stereocenters. The summed E-state index contributed by atoms with van der Waals surface area (Å²) in [4.78, 5) is 22.4. The zero-order valence-electron chi connectivity index (χ0n) is 14.8. The average Bonchev–Trinajstić information content (AvgIpc) is 2.65. The number of nitrogens with one attached hydrogen (secondary N) is 1. The first-order valence-electron chi connectivity index (χ1n) is 8.30. The van der Waals surface area contributed by atoms with E-state index in [0.29, 0.717) is 25.0 Å². The molecular formula is C19H22N2O5. The maximum Gasteiger partial charge on any atom is 0.269 e. The molecule has 0 radical (unpaired) electrons. The highest BCUT2D eigenvalue weighted by Gasteiger charge is 2.13. The van der Waals surface area contributed by atoms with Crippen molar-refractivity contribution in [2.75, 3.05) is 13.7 Å². The van der Waals surface area contributed by atoms with Crippen LogP contribution in [0.25, 0.3) is 0 Å². The van der Waals surface area contributed by atoms with Crippen molar-refractivity contribution in [3.63, 3.8) is 0 Å². The lowest BCUT2D eigenvalue weighted by atomic mass is 10.1. The van der Waals surface area contributed by atoms with Gasteiger partial charge in [-0.05, 0) is 43.2 Å². The molecular weight excluding hydrogens is 336 g/mol. The largest absolute Gasteiger partial charge is 0.497 e. The van der Waals surface area contributed by atoms with Crippen LogP contribution in [0.3, 0.4) is 0 Å². The third-order valence-corrected chi connectivity index (χ3v) is 3.83. The Bertz CT molecular complexity index is 746. The summed E-state index contributed by atoms with van der Waals surface area (Å²) in [5.74, 6) is 1.35. The molecule has 7 nitrogen and oxygen atoms in total. The molecule has 0 aliphatic heterocycles. The standard InChI is InChI=1S/C19H22N2O5/c1-14(15-5-3-6-16(13-15)21(23)24)20-19(22)7-4-12-26-18-10-8-17(25-2)9-11-18/h3,5-6,8-11,13-14H,4,7,12H2,1-2H3,(H,20,22). The second-order valence-corrected chi connectivity index (χ2v) is 5.77. The van der Waals surface area contributed by atoms with Gasteiger partial charge in [0.05, 0.1) is 24.7 Å². The van der Waals surface area contributed by atoms with Crippen LogP contribution in [0, 0.1) is 10.1 Å². The van der Waals surface area contributed by atoms with Gasteiger partial charge in [-0.25, -0.2) is 0 Å². The van der Waals surface area contributed by atoms with Crippen molar-refractivity contribution in [2.24, 2.45) is 0 Å². The smallest absolute Gasteiger partial charge is 0.269 e. The Labute approximate surface area is 152 Å². The topological polar surface area (TPSA) is 90.7 Å². The maximum absolute atomic E-state index is 12.0. The average molecular weight is 358 g/mol. The number of ether oxygens (including phenoxy) is 2. The fourth-order valence-electron chi connectivity index (χ4n) is 2.40. The number of non-ortho nitro benzene ring substituents is 1. The first kappa shape index (κ1) is 19.2. The number of carbonyl (C=O) groups is 1. The molecule has 1 unspecified atom stereocenters. The number of methoxy groups -OCH3 is 1. The number of amides is 1. The van der Waals surface area contributed by atoms with Gasteiger partial charge >= 0.3 is 0 Å². The molecule has 0 fully saturated rings. The highest BCUT2D eigenvalue weighted by atomic mass is 16.6. The van der Waals surface area contributed by atoms with Gasteiger partial charge in [-0.15, -0.1) is 0 Å². The van der Waals surface area contributed by atoms with Gasteiger partial charge in [-0.2, -0.15) is 0 Å². The van der Waals surface area contributed by atoms with Crippen molar-refractivity contribution >= 4 is 11.6 Å². The molecule has 26 heavy (non-hydrogen) atoms. The lowest BCUT2D eigenvalue weighted by Gasteiger charge is -2.14. The van der Waals surface area contributed by atoms with E-state index in [1.165, 1.54) is 12.1 Å². The minimum Gasteiger partial charge on any atom is -0.497 e. The minimum absolute atomic E-state index is 0.0106. The van der Waals surface area contributed by atoms with E-state index in [1.54, 1.807) is 26.2 Å². The van der Waals surface area contributed by atoms with Crippen LogP contribution in [0.15, 0.2) is 48.5 Å². The molecule has 0 spiro atoms. The first-order valence-corrected chi connectivity index (χ1v) is 8.30. The molecule has 0 aliphatic carbocycles. The molecule has 0 aromatic heterocycles. The van der Waals surface area contributed by atoms with Crippen molar-refractivity contribution in [1.82, 2.24) is 5.32 Å². The predicted octanol–water partition coefficient (Wildman–Crippen LogP) is 3.64. The number of benzene rings is 2. The Morgan fingerprint density at radius 1 is 1.19 bits per heavy atom. The Morgan fingerprint density at radius 2 is 1.88 bits per heavy atom.